The lowest BCUT2D eigenvalue weighted by Gasteiger charge is -2.14. The topological polar surface area (TPSA) is 85.3 Å². The molecule has 0 spiro atoms. The second-order valence-electron chi connectivity index (χ2n) is 5.48. The van der Waals surface area contributed by atoms with Gasteiger partial charge in [0.15, 0.2) is 11.8 Å². The lowest BCUT2D eigenvalue weighted by molar-refractivity contribution is -0.149. The molecule has 0 aromatic carbocycles. The molecule has 0 unspecified atom stereocenters. The van der Waals surface area contributed by atoms with Gasteiger partial charge < -0.3 is 9.64 Å². The number of carbonyl (C=O) groups excluding carboxylic acids is 2. The Labute approximate surface area is 149 Å². The normalized spacial score (nSPS) is 13.7. The van der Waals surface area contributed by atoms with E-state index >= 15 is 0 Å². The zero-order chi connectivity index (χ0) is 17.5. The van der Waals surface area contributed by atoms with E-state index in [0.717, 1.165) is 31.6 Å². The van der Waals surface area contributed by atoms with Crippen molar-refractivity contribution in [3.63, 3.8) is 0 Å². The van der Waals surface area contributed by atoms with Crippen molar-refractivity contribution in [1.82, 2.24) is 19.9 Å². The molecule has 3 heterocycles. The van der Waals surface area contributed by atoms with Crippen LogP contribution in [0.5, 0.6) is 0 Å². The first kappa shape index (κ1) is 17.3. The summed E-state index contributed by atoms with van der Waals surface area (Å²) in [4.78, 5) is 38.1. The summed E-state index contributed by atoms with van der Waals surface area (Å²) in [5.74, 6) is -0.535. The van der Waals surface area contributed by atoms with E-state index in [4.69, 9.17) is 4.74 Å². The Hall–Kier alpha value is -2.48. The fourth-order valence-electron chi connectivity index (χ4n) is 2.43. The molecule has 8 heteroatoms. The number of hydrogen-bond donors (Lipinski definition) is 0. The molecule has 0 atom stereocenters. The van der Waals surface area contributed by atoms with Gasteiger partial charge in [-0.1, -0.05) is 17.8 Å². The molecule has 1 fully saturated rings. The number of hydrogen-bond acceptors (Lipinski definition) is 7. The van der Waals surface area contributed by atoms with Gasteiger partial charge in [-0.25, -0.2) is 9.97 Å². The van der Waals surface area contributed by atoms with Crippen LogP contribution in [0.1, 0.15) is 12.8 Å². The van der Waals surface area contributed by atoms with Crippen molar-refractivity contribution in [2.75, 3.05) is 25.4 Å². The average Bonchev–Trinajstić information content (AvgIpc) is 3.20. The minimum Gasteiger partial charge on any atom is -0.455 e. The largest absolute Gasteiger partial charge is 0.455 e. The van der Waals surface area contributed by atoms with Gasteiger partial charge in [-0.3, -0.25) is 14.6 Å². The summed E-state index contributed by atoms with van der Waals surface area (Å²) in [5.41, 5.74) is 1.43. The van der Waals surface area contributed by atoms with Crippen molar-refractivity contribution >= 4 is 23.6 Å². The Morgan fingerprint density at radius 1 is 1.08 bits per heavy atom. The smallest absolute Gasteiger partial charge is 0.316 e. The highest BCUT2D eigenvalue weighted by Crippen LogP contribution is 2.18. The van der Waals surface area contributed by atoms with Gasteiger partial charge in [-0.05, 0) is 31.0 Å². The summed E-state index contributed by atoms with van der Waals surface area (Å²) in [6.45, 7) is 1.30. The number of pyridine rings is 1. The lowest BCUT2D eigenvalue weighted by atomic mass is 10.3. The van der Waals surface area contributed by atoms with E-state index in [2.05, 4.69) is 15.0 Å². The summed E-state index contributed by atoms with van der Waals surface area (Å²) in [6, 6.07) is 7.33. The van der Waals surface area contributed by atoms with E-state index in [1.54, 1.807) is 23.4 Å². The molecule has 1 aliphatic rings. The van der Waals surface area contributed by atoms with E-state index in [9.17, 15) is 9.59 Å². The molecule has 0 bridgehead atoms. The second-order valence-corrected chi connectivity index (χ2v) is 6.42. The van der Waals surface area contributed by atoms with Crippen LogP contribution in [0.4, 0.5) is 0 Å². The molecule has 3 rings (SSSR count). The summed E-state index contributed by atoms with van der Waals surface area (Å²) in [5, 5.41) is 0.464. The minimum absolute atomic E-state index is 0.0545. The van der Waals surface area contributed by atoms with Crippen LogP contribution in [0.25, 0.3) is 11.4 Å². The van der Waals surface area contributed by atoms with Crippen molar-refractivity contribution in [1.29, 1.82) is 0 Å². The highest BCUT2D eigenvalue weighted by molar-refractivity contribution is 7.99. The van der Waals surface area contributed by atoms with E-state index in [1.165, 1.54) is 11.8 Å². The Morgan fingerprint density at radius 2 is 1.92 bits per heavy atom. The van der Waals surface area contributed by atoms with Crippen LogP contribution in [0.2, 0.25) is 0 Å². The zero-order valence-electron chi connectivity index (χ0n) is 13.6. The molecule has 25 heavy (non-hydrogen) atoms. The molecule has 0 aliphatic carbocycles. The highest BCUT2D eigenvalue weighted by atomic mass is 32.2. The molecular formula is C17H18N4O3S. The Balaban J connectivity index is 1.48. The molecule has 2 aromatic heterocycles. The molecule has 0 radical (unpaired) electrons. The predicted molar refractivity (Wildman–Crippen MR) is 92.8 cm³/mol. The number of amides is 1. The first-order valence-corrected chi connectivity index (χ1v) is 9.01. The van der Waals surface area contributed by atoms with Gasteiger partial charge in [-0.2, -0.15) is 0 Å². The van der Waals surface area contributed by atoms with Crippen molar-refractivity contribution in [3.05, 3.63) is 36.7 Å². The maximum Gasteiger partial charge on any atom is 0.316 e. The van der Waals surface area contributed by atoms with E-state index in [-0.39, 0.29) is 18.3 Å². The Bertz CT molecular complexity index is 736. The number of rotatable bonds is 6. The third kappa shape index (κ3) is 4.99. The number of thioether (sulfide) groups is 1. The predicted octanol–water partition coefficient (Wildman–Crippen LogP) is 1.80. The summed E-state index contributed by atoms with van der Waals surface area (Å²) >= 11 is 1.17. The number of likely N-dealkylation sites (tertiary alicyclic amines) is 1. The van der Waals surface area contributed by atoms with Gasteiger partial charge in [0.05, 0.1) is 17.1 Å². The molecular weight excluding hydrogens is 340 g/mol. The van der Waals surface area contributed by atoms with Gasteiger partial charge in [0, 0.05) is 25.5 Å². The van der Waals surface area contributed by atoms with Crippen molar-refractivity contribution in [3.8, 4) is 11.4 Å². The molecule has 1 aliphatic heterocycles. The minimum atomic E-state index is -0.454. The number of esters is 1. The first-order valence-electron chi connectivity index (χ1n) is 8.03. The third-order valence-corrected chi connectivity index (χ3v) is 4.53. The van der Waals surface area contributed by atoms with Crippen LogP contribution in [-0.2, 0) is 14.3 Å². The van der Waals surface area contributed by atoms with Gasteiger partial charge in [0.1, 0.15) is 0 Å². The third-order valence-electron chi connectivity index (χ3n) is 3.70. The van der Waals surface area contributed by atoms with Crippen molar-refractivity contribution in [2.45, 2.75) is 18.0 Å². The SMILES string of the molecule is O=C(CSc1nccc(-c2ccccn2)n1)OCC(=O)N1CCCC1. The van der Waals surface area contributed by atoms with Gasteiger partial charge in [-0.15, -0.1) is 0 Å². The van der Waals surface area contributed by atoms with E-state index in [0.29, 0.717) is 10.9 Å². The van der Waals surface area contributed by atoms with Crippen LogP contribution in [-0.4, -0.2) is 57.2 Å². The Kier molecular flexibility index (Phi) is 5.95. The number of aromatic nitrogens is 3. The first-order chi connectivity index (χ1) is 12.2. The molecule has 1 amide bonds. The summed E-state index contributed by atoms with van der Waals surface area (Å²) in [7, 11) is 0. The van der Waals surface area contributed by atoms with Crippen LogP contribution >= 0.6 is 11.8 Å². The molecule has 0 N–H and O–H groups in total. The van der Waals surface area contributed by atoms with E-state index in [1.807, 2.05) is 18.2 Å². The summed E-state index contributed by atoms with van der Waals surface area (Å²) < 4.78 is 5.03. The van der Waals surface area contributed by atoms with Crippen molar-refractivity contribution in [2.24, 2.45) is 0 Å². The van der Waals surface area contributed by atoms with E-state index < -0.39 is 5.97 Å². The highest BCUT2D eigenvalue weighted by Gasteiger charge is 2.19. The molecule has 0 saturated carbocycles. The van der Waals surface area contributed by atoms with Crippen molar-refractivity contribution < 1.29 is 14.3 Å². The standard InChI is InChI=1S/C17H18N4O3S/c22-15(21-9-3-4-10-21)11-24-16(23)12-25-17-19-8-6-14(20-17)13-5-1-2-7-18-13/h1-2,5-8H,3-4,9-12H2. The molecule has 2 aromatic rings. The van der Waals surface area contributed by atoms with Gasteiger partial charge in [0.25, 0.3) is 5.91 Å². The lowest BCUT2D eigenvalue weighted by Crippen LogP contribution is -2.32. The fraction of sp³-hybridized carbons (Fsp3) is 0.353. The maximum absolute atomic E-state index is 11.8. The fourth-order valence-corrected chi connectivity index (χ4v) is 3.06. The van der Waals surface area contributed by atoms with Gasteiger partial charge in [0.2, 0.25) is 0 Å². The zero-order valence-corrected chi connectivity index (χ0v) is 14.4. The average molecular weight is 358 g/mol. The quantitative estimate of drug-likeness (QED) is 0.442. The number of carbonyl (C=O) groups is 2. The molecule has 7 nitrogen and oxygen atoms in total. The summed E-state index contributed by atoms with van der Waals surface area (Å²) in [6.07, 6.45) is 5.35. The monoisotopic (exact) mass is 358 g/mol. The van der Waals surface area contributed by atoms with Crippen LogP contribution in [0, 0.1) is 0 Å². The van der Waals surface area contributed by atoms with Crippen LogP contribution in [0.3, 0.4) is 0 Å². The van der Waals surface area contributed by atoms with Crippen LogP contribution in [0.15, 0.2) is 41.8 Å². The molecule has 1 saturated heterocycles. The Morgan fingerprint density at radius 3 is 2.68 bits per heavy atom. The number of nitrogens with zero attached hydrogens (tertiary/aromatic N) is 4. The second kappa shape index (κ2) is 8.57. The number of ether oxygens (including phenoxy) is 1. The van der Waals surface area contributed by atoms with Gasteiger partial charge >= 0.3 is 5.97 Å². The molecule has 130 valence electrons. The maximum atomic E-state index is 11.8. The van der Waals surface area contributed by atoms with Crippen LogP contribution < -0.4 is 0 Å².